The van der Waals surface area contributed by atoms with Crippen molar-refractivity contribution in [1.29, 1.82) is 0 Å². The molecule has 116 valence electrons. The molecule has 0 saturated heterocycles. The molecule has 0 aromatic heterocycles. The van der Waals surface area contributed by atoms with Crippen LogP contribution in [0.3, 0.4) is 0 Å². The summed E-state index contributed by atoms with van der Waals surface area (Å²) in [6.45, 7) is 0.0519. The van der Waals surface area contributed by atoms with Crippen molar-refractivity contribution < 1.29 is 14.5 Å². The smallest absolute Gasteiger partial charge is 0.341 e. The summed E-state index contributed by atoms with van der Waals surface area (Å²) in [5, 5.41) is 14.1. The first-order valence-electron chi connectivity index (χ1n) is 6.73. The zero-order valence-corrected chi connectivity index (χ0v) is 13.4. The maximum absolute atomic E-state index is 12.0. The van der Waals surface area contributed by atoms with Crippen LogP contribution in [0.5, 0.6) is 0 Å². The topological polar surface area (TPSA) is 81.5 Å². The molecule has 6 nitrogen and oxygen atoms in total. The lowest BCUT2D eigenvalue weighted by molar-refractivity contribution is -0.383. The van der Waals surface area contributed by atoms with Gasteiger partial charge in [-0.1, -0.05) is 40.2 Å². The second-order valence-electron chi connectivity index (χ2n) is 4.84. The lowest BCUT2D eigenvalue weighted by Crippen LogP contribution is -2.05. The van der Waals surface area contributed by atoms with E-state index >= 15 is 0 Å². The van der Waals surface area contributed by atoms with Crippen molar-refractivity contribution in [1.82, 2.24) is 0 Å². The van der Waals surface area contributed by atoms with Gasteiger partial charge < -0.3 is 10.1 Å². The third kappa shape index (κ3) is 3.09. The molecule has 1 aliphatic heterocycles. The Morgan fingerprint density at radius 2 is 1.83 bits per heavy atom. The van der Waals surface area contributed by atoms with Gasteiger partial charge in [-0.2, -0.15) is 0 Å². The first kappa shape index (κ1) is 15.2. The van der Waals surface area contributed by atoms with Crippen LogP contribution in [0.2, 0.25) is 0 Å². The maximum Gasteiger partial charge on any atom is 0.341 e. The number of nitro benzene ring substituents is 1. The molecule has 3 rings (SSSR count). The van der Waals surface area contributed by atoms with Crippen molar-refractivity contribution >= 4 is 38.8 Å². The van der Waals surface area contributed by atoms with Crippen LogP contribution in [0, 0.1) is 10.1 Å². The number of nitrogens with one attached hydrogen (secondary N) is 1. The number of anilines is 1. The summed E-state index contributed by atoms with van der Waals surface area (Å²) in [4.78, 5) is 22.6. The molecule has 0 bridgehead atoms. The van der Waals surface area contributed by atoms with E-state index in [1.807, 2.05) is 12.1 Å². The summed E-state index contributed by atoms with van der Waals surface area (Å²) in [7, 11) is 0. The van der Waals surface area contributed by atoms with Crippen LogP contribution >= 0.6 is 15.9 Å². The van der Waals surface area contributed by atoms with Gasteiger partial charge in [0, 0.05) is 10.5 Å². The Balaban J connectivity index is 2.02. The van der Waals surface area contributed by atoms with Gasteiger partial charge in [-0.15, -0.1) is 0 Å². The van der Waals surface area contributed by atoms with Gasteiger partial charge in [0.25, 0.3) is 5.69 Å². The van der Waals surface area contributed by atoms with Crippen LogP contribution in [0.1, 0.15) is 5.56 Å². The molecule has 7 heteroatoms. The lowest BCUT2D eigenvalue weighted by atomic mass is 10.1. The number of hydrogen-bond acceptors (Lipinski definition) is 5. The fourth-order valence-electron chi connectivity index (χ4n) is 2.31. The Morgan fingerprint density at radius 3 is 2.52 bits per heavy atom. The Kier molecular flexibility index (Phi) is 4.12. The van der Waals surface area contributed by atoms with Crippen molar-refractivity contribution in [2.75, 3.05) is 11.9 Å². The summed E-state index contributed by atoms with van der Waals surface area (Å²) in [5.41, 5.74) is 1.84. The number of rotatable bonds is 4. The van der Waals surface area contributed by atoms with E-state index in [9.17, 15) is 14.9 Å². The number of benzene rings is 2. The molecule has 0 radical (unpaired) electrons. The molecule has 23 heavy (non-hydrogen) atoms. The highest BCUT2D eigenvalue weighted by Gasteiger charge is 2.27. The molecule has 1 aliphatic rings. The number of nitrogens with zero attached hydrogens (tertiary/aromatic N) is 1. The average Bonchev–Trinajstić information content (AvgIpc) is 2.89. The van der Waals surface area contributed by atoms with Crippen molar-refractivity contribution in [3.05, 3.63) is 74.4 Å². The van der Waals surface area contributed by atoms with Crippen LogP contribution in [0.15, 0.2) is 58.7 Å². The third-order valence-corrected chi connectivity index (χ3v) is 3.90. The molecule has 0 atom stereocenters. The summed E-state index contributed by atoms with van der Waals surface area (Å²) >= 11 is 3.34. The molecule has 1 heterocycles. The van der Waals surface area contributed by atoms with E-state index < -0.39 is 10.9 Å². The van der Waals surface area contributed by atoms with Gasteiger partial charge in [-0.3, -0.25) is 10.1 Å². The van der Waals surface area contributed by atoms with Gasteiger partial charge in [0.1, 0.15) is 12.3 Å². The minimum absolute atomic E-state index is 0.0519. The van der Waals surface area contributed by atoms with Gasteiger partial charge in [0.2, 0.25) is 0 Å². The maximum atomic E-state index is 12.0. The first-order valence-corrected chi connectivity index (χ1v) is 7.52. The molecule has 1 N–H and O–H groups in total. The average molecular weight is 375 g/mol. The lowest BCUT2D eigenvalue weighted by Gasteiger charge is -2.08. The van der Waals surface area contributed by atoms with Crippen molar-refractivity contribution in [2.24, 2.45) is 0 Å². The molecule has 0 spiro atoms. The summed E-state index contributed by atoms with van der Waals surface area (Å²) in [6, 6.07) is 13.5. The van der Waals surface area contributed by atoms with Crippen molar-refractivity contribution in [3.63, 3.8) is 0 Å². The molecule has 0 saturated carbocycles. The zero-order chi connectivity index (χ0) is 16.4. The number of esters is 1. The second-order valence-corrected chi connectivity index (χ2v) is 5.75. The minimum atomic E-state index is -0.472. The largest absolute Gasteiger partial charge is 0.456 e. The molecule has 2 aromatic rings. The number of ether oxygens (including phenoxy) is 1. The number of nitro groups is 1. The van der Waals surface area contributed by atoms with Crippen LogP contribution in [-0.4, -0.2) is 17.5 Å². The van der Waals surface area contributed by atoms with Crippen LogP contribution in [0.4, 0.5) is 11.4 Å². The number of carbonyl (C=O) groups is 1. The van der Waals surface area contributed by atoms with E-state index in [1.54, 1.807) is 30.3 Å². The summed E-state index contributed by atoms with van der Waals surface area (Å²) < 4.78 is 5.97. The predicted octanol–water partition coefficient (Wildman–Crippen LogP) is 3.74. The van der Waals surface area contributed by atoms with Gasteiger partial charge in [-0.25, -0.2) is 4.79 Å². The number of carbonyl (C=O) groups excluding carboxylic acids is 1. The second kappa shape index (κ2) is 6.21. The van der Waals surface area contributed by atoms with E-state index in [0.717, 1.165) is 4.47 Å². The highest BCUT2D eigenvalue weighted by Crippen LogP contribution is 2.31. The SMILES string of the molecule is O=C1OCC(Nc2ccccc2[N+](=O)[O-])=C1c1ccc(Br)cc1. The molecule has 2 aromatic carbocycles. The highest BCUT2D eigenvalue weighted by atomic mass is 79.9. The van der Waals surface area contributed by atoms with Crippen molar-refractivity contribution in [3.8, 4) is 0 Å². The van der Waals surface area contributed by atoms with Crippen molar-refractivity contribution in [2.45, 2.75) is 0 Å². The molecular weight excluding hydrogens is 364 g/mol. The predicted molar refractivity (Wildman–Crippen MR) is 88.7 cm³/mol. The van der Waals surface area contributed by atoms with E-state index in [1.165, 1.54) is 6.07 Å². The standard InChI is InChI=1S/C16H11BrN2O4/c17-11-7-5-10(6-8-11)15-13(9-23-16(15)20)18-12-3-1-2-4-14(12)19(21)22/h1-8,18H,9H2. The summed E-state index contributed by atoms with van der Waals surface area (Å²) in [6.07, 6.45) is 0. The van der Waals surface area contributed by atoms with Crippen LogP contribution < -0.4 is 5.32 Å². The van der Waals surface area contributed by atoms with E-state index in [-0.39, 0.29) is 12.3 Å². The minimum Gasteiger partial charge on any atom is -0.456 e. The van der Waals surface area contributed by atoms with Gasteiger partial charge >= 0.3 is 5.97 Å². The van der Waals surface area contributed by atoms with Gasteiger partial charge in [0.15, 0.2) is 0 Å². The number of halogens is 1. The Bertz CT molecular complexity index is 815. The van der Waals surface area contributed by atoms with E-state index in [4.69, 9.17) is 4.74 Å². The molecule has 0 amide bonds. The van der Waals surface area contributed by atoms with E-state index in [2.05, 4.69) is 21.2 Å². The quantitative estimate of drug-likeness (QED) is 0.500. The Hall–Kier alpha value is -2.67. The van der Waals surface area contributed by atoms with Gasteiger partial charge in [0.05, 0.1) is 16.2 Å². The zero-order valence-electron chi connectivity index (χ0n) is 11.8. The molecule has 0 fully saturated rings. The Labute approximate surface area is 140 Å². The highest BCUT2D eigenvalue weighted by molar-refractivity contribution is 9.10. The third-order valence-electron chi connectivity index (χ3n) is 3.37. The first-order chi connectivity index (χ1) is 11.1. The normalized spacial score (nSPS) is 13.9. The number of cyclic esters (lactones) is 1. The molecule has 0 unspecified atom stereocenters. The fourth-order valence-corrected chi connectivity index (χ4v) is 2.58. The fraction of sp³-hybridized carbons (Fsp3) is 0.0625. The van der Waals surface area contributed by atoms with Gasteiger partial charge in [-0.05, 0) is 23.8 Å². The Morgan fingerprint density at radius 1 is 1.13 bits per heavy atom. The van der Waals surface area contributed by atoms with Crippen LogP contribution in [-0.2, 0) is 9.53 Å². The van der Waals surface area contributed by atoms with Crippen LogP contribution in [0.25, 0.3) is 5.57 Å². The monoisotopic (exact) mass is 374 g/mol. The molecular formula is C16H11BrN2O4. The number of hydrogen-bond donors (Lipinski definition) is 1. The van der Waals surface area contributed by atoms with E-state index in [0.29, 0.717) is 22.5 Å². The molecule has 0 aliphatic carbocycles. The summed E-state index contributed by atoms with van der Waals surface area (Å²) in [5.74, 6) is -0.451. The number of para-hydroxylation sites is 2.